The van der Waals surface area contributed by atoms with Crippen molar-refractivity contribution in [1.29, 1.82) is 0 Å². The zero-order valence-corrected chi connectivity index (χ0v) is 18.2. The number of aryl methyl sites for hydroxylation is 1. The summed E-state index contributed by atoms with van der Waals surface area (Å²) in [6.07, 6.45) is 0.502. The van der Waals surface area contributed by atoms with Gasteiger partial charge >= 0.3 is 0 Å². The van der Waals surface area contributed by atoms with Crippen LogP contribution in [0.1, 0.15) is 38.3 Å². The Morgan fingerprint density at radius 1 is 1.07 bits per heavy atom. The van der Waals surface area contributed by atoms with Crippen molar-refractivity contribution in [1.82, 2.24) is 10.2 Å². The Morgan fingerprint density at radius 3 is 2.24 bits per heavy atom. The average molecular weight is 417 g/mol. The molecule has 0 fully saturated rings. The summed E-state index contributed by atoms with van der Waals surface area (Å²) < 4.78 is 5.67. The van der Waals surface area contributed by atoms with E-state index in [1.54, 1.807) is 17.0 Å². The highest BCUT2D eigenvalue weighted by molar-refractivity contribution is 6.30. The van der Waals surface area contributed by atoms with E-state index in [2.05, 4.69) is 5.32 Å². The number of nitrogens with one attached hydrogen (secondary N) is 1. The van der Waals surface area contributed by atoms with Gasteiger partial charge in [-0.15, -0.1) is 0 Å². The number of nitrogens with zero attached hydrogens (tertiary/aromatic N) is 1. The van der Waals surface area contributed by atoms with Crippen LogP contribution in [0.15, 0.2) is 48.5 Å². The second kappa shape index (κ2) is 10.9. The van der Waals surface area contributed by atoms with Crippen molar-refractivity contribution in [2.75, 3.05) is 6.61 Å². The summed E-state index contributed by atoms with van der Waals surface area (Å²) in [5.74, 6) is 0.210. The number of amides is 2. The topological polar surface area (TPSA) is 58.6 Å². The molecule has 0 spiro atoms. The normalized spacial score (nSPS) is 11.8. The first-order valence-corrected chi connectivity index (χ1v) is 10.2. The molecular weight excluding hydrogens is 388 g/mol. The number of hydrogen-bond donors (Lipinski definition) is 1. The fraction of sp³-hybridized carbons (Fsp3) is 0.391. The van der Waals surface area contributed by atoms with Gasteiger partial charge in [0.05, 0.1) is 0 Å². The predicted octanol–water partition coefficient (Wildman–Crippen LogP) is 4.36. The highest BCUT2D eigenvalue weighted by Crippen LogP contribution is 2.17. The molecule has 0 aromatic heterocycles. The minimum absolute atomic E-state index is 0.00663. The number of carbonyl (C=O) groups is 2. The molecule has 2 aromatic rings. The smallest absolute Gasteiger partial charge is 0.261 e. The first-order chi connectivity index (χ1) is 13.8. The summed E-state index contributed by atoms with van der Waals surface area (Å²) in [4.78, 5) is 27.3. The highest BCUT2D eigenvalue weighted by atomic mass is 35.5. The monoisotopic (exact) mass is 416 g/mol. The third kappa shape index (κ3) is 7.09. The second-order valence-electron chi connectivity index (χ2n) is 7.34. The van der Waals surface area contributed by atoms with E-state index in [4.69, 9.17) is 16.3 Å². The van der Waals surface area contributed by atoms with Gasteiger partial charge in [0, 0.05) is 17.6 Å². The van der Waals surface area contributed by atoms with Gasteiger partial charge < -0.3 is 15.0 Å². The summed E-state index contributed by atoms with van der Waals surface area (Å²) in [5, 5.41) is 3.53. The van der Waals surface area contributed by atoms with Crippen LogP contribution in [0.2, 0.25) is 5.02 Å². The molecule has 1 atom stereocenters. The van der Waals surface area contributed by atoms with Gasteiger partial charge in [-0.1, -0.05) is 48.4 Å². The van der Waals surface area contributed by atoms with E-state index >= 15 is 0 Å². The van der Waals surface area contributed by atoms with Crippen molar-refractivity contribution < 1.29 is 14.3 Å². The number of halogens is 1. The van der Waals surface area contributed by atoms with Crippen LogP contribution in [0.3, 0.4) is 0 Å². The minimum atomic E-state index is -0.581. The molecule has 156 valence electrons. The van der Waals surface area contributed by atoms with Gasteiger partial charge in [-0.3, -0.25) is 9.59 Å². The van der Waals surface area contributed by atoms with Crippen molar-refractivity contribution in [2.45, 2.75) is 52.7 Å². The van der Waals surface area contributed by atoms with E-state index < -0.39 is 6.04 Å². The standard InChI is InChI=1S/C23H29ClN2O3/c1-5-21(23(28)25-16(2)3)26(14-18-8-10-19(24)11-9-18)22(27)15-29-20-12-6-17(4)7-13-20/h6-13,16,21H,5,14-15H2,1-4H3,(H,25,28). The van der Waals surface area contributed by atoms with Crippen LogP contribution in [-0.2, 0) is 16.1 Å². The number of carbonyl (C=O) groups excluding carboxylic acids is 2. The van der Waals surface area contributed by atoms with Crippen LogP contribution in [0, 0.1) is 6.92 Å². The molecule has 0 radical (unpaired) electrons. The van der Waals surface area contributed by atoms with Crippen molar-refractivity contribution in [3.8, 4) is 5.75 Å². The molecule has 1 unspecified atom stereocenters. The Morgan fingerprint density at radius 2 is 1.69 bits per heavy atom. The van der Waals surface area contributed by atoms with Crippen LogP contribution < -0.4 is 10.1 Å². The largest absolute Gasteiger partial charge is 0.484 e. The fourth-order valence-corrected chi connectivity index (χ4v) is 3.08. The van der Waals surface area contributed by atoms with Crippen LogP contribution in [0.4, 0.5) is 0 Å². The average Bonchev–Trinajstić information content (AvgIpc) is 2.68. The Bertz CT molecular complexity index is 804. The lowest BCUT2D eigenvalue weighted by Gasteiger charge is -2.31. The van der Waals surface area contributed by atoms with Crippen molar-refractivity contribution >= 4 is 23.4 Å². The maximum absolute atomic E-state index is 13.0. The van der Waals surface area contributed by atoms with Crippen LogP contribution in [0.25, 0.3) is 0 Å². The second-order valence-corrected chi connectivity index (χ2v) is 7.77. The molecule has 1 N–H and O–H groups in total. The fourth-order valence-electron chi connectivity index (χ4n) is 2.95. The molecular formula is C23H29ClN2O3. The van der Waals surface area contributed by atoms with E-state index in [1.807, 2.05) is 64.1 Å². The first-order valence-electron chi connectivity index (χ1n) is 9.84. The molecule has 2 rings (SSSR count). The van der Waals surface area contributed by atoms with Gasteiger partial charge in [-0.05, 0) is 57.0 Å². The molecule has 29 heavy (non-hydrogen) atoms. The Labute approximate surface area is 178 Å². The van der Waals surface area contributed by atoms with E-state index in [9.17, 15) is 9.59 Å². The summed E-state index contributed by atoms with van der Waals surface area (Å²) in [6.45, 7) is 7.85. The lowest BCUT2D eigenvalue weighted by molar-refractivity contribution is -0.143. The molecule has 0 aliphatic carbocycles. The lowest BCUT2D eigenvalue weighted by Crippen LogP contribution is -2.51. The number of hydrogen-bond acceptors (Lipinski definition) is 3. The van der Waals surface area contributed by atoms with Crippen molar-refractivity contribution in [3.63, 3.8) is 0 Å². The van der Waals surface area contributed by atoms with Gasteiger partial charge in [0.15, 0.2) is 6.61 Å². The predicted molar refractivity (Wildman–Crippen MR) is 116 cm³/mol. The van der Waals surface area contributed by atoms with Crippen LogP contribution in [-0.4, -0.2) is 35.4 Å². The van der Waals surface area contributed by atoms with Crippen molar-refractivity contribution in [3.05, 3.63) is 64.7 Å². The minimum Gasteiger partial charge on any atom is -0.484 e. The Hall–Kier alpha value is -2.53. The summed E-state index contributed by atoms with van der Waals surface area (Å²) in [7, 11) is 0. The SMILES string of the molecule is CCC(C(=O)NC(C)C)N(Cc1ccc(Cl)cc1)C(=O)COc1ccc(C)cc1. The molecule has 0 aliphatic rings. The molecule has 0 saturated heterocycles. The van der Waals surface area contributed by atoms with E-state index in [0.717, 1.165) is 11.1 Å². The number of benzene rings is 2. The quantitative estimate of drug-likeness (QED) is 0.660. The van der Waals surface area contributed by atoms with E-state index in [-0.39, 0.29) is 24.5 Å². The molecule has 6 heteroatoms. The molecule has 0 heterocycles. The maximum atomic E-state index is 13.0. The summed E-state index contributed by atoms with van der Waals surface area (Å²) in [5.41, 5.74) is 2.01. The van der Waals surface area contributed by atoms with Gasteiger partial charge in [0.25, 0.3) is 5.91 Å². The lowest BCUT2D eigenvalue weighted by atomic mass is 10.1. The molecule has 2 aromatic carbocycles. The van der Waals surface area contributed by atoms with Gasteiger partial charge in [0.1, 0.15) is 11.8 Å². The molecule has 0 aliphatic heterocycles. The number of ether oxygens (including phenoxy) is 1. The zero-order chi connectivity index (χ0) is 21.4. The Balaban J connectivity index is 2.18. The number of rotatable bonds is 9. The highest BCUT2D eigenvalue weighted by Gasteiger charge is 2.29. The molecule has 5 nitrogen and oxygen atoms in total. The maximum Gasteiger partial charge on any atom is 0.261 e. The van der Waals surface area contributed by atoms with Crippen LogP contribution in [0.5, 0.6) is 5.75 Å². The third-order valence-corrected chi connectivity index (χ3v) is 4.72. The van der Waals surface area contributed by atoms with Gasteiger partial charge in [0.2, 0.25) is 5.91 Å². The zero-order valence-electron chi connectivity index (χ0n) is 17.4. The van der Waals surface area contributed by atoms with Crippen molar-refractivity contribution in [2.24, 2.45) is 0 Å². The van der Waals surface area contributed by atoms with E-state index in [0.29, 0.717) is 23.7 Å². The van der Waals surface area contributed by atoms with Crippen LogP contribution >= 0.6 is 11.6 Å². The van der Waals surface area contributed by atoms with E-state index in [1.165, 1.54) is 0 Å². The summed E-state index contributed by atoms with van der Waals surface area (Å²) >= 11 is 5.97. The van der Waals surface area contributed by atoms with Gasteiger partial charge in [-0.25, -0.2) is 0 Å². The molecule has 2 amide bonds. The molecule has 0 bridgehead atoms. The third-order valence-electron chi connectivity index (χ3n) is 4.47. The Kier molecular flexibility index (Phi) is 8.52. The summed E-state index contributed by atoms with van der Waals surface area (Å²) in [6, 6.07) is 14.2. The van der Waals surface area contributed by atoms with Gasteiger partial charge in [-0.2, -0.15) is 0 Å². The first kappa shape index (κ1) is 22.8. The molecule has 0 saturated carbocycles.